The first-order valence-electron chi connectivity index (χ1n) is 11.7. The number of nitrogens with zero attached hydrogens (tertiary/aromatic N) is 3. The lowest BCUT2D eigenvalue weighted by Crippen LogP contribution is -2.49. The molecule has 0 saturated carbocycles. The SMILES string of the molecule is CCCC(=O)N1CCN(c2cc3c(Cc4ccccc4)c(C(=O)CC)cnc3cc2F)CC1. The number of carbonyl (C=O) groups is 2. The van der Waals surface area contributed by atoms with Crippen LogP contribution in [-0.2, 0) is 11.2 Å². The Morgan fingerprint density at radius 1 is 1.03 bits per heavy atom. The third-order valence-corrected chi connectivity index (χ3v) is 6.33. The number of piperazine rings is 1. The molecular weight excluding hydrogens is 417 g/mol. The van der Waals surface area contributed by atoms with E-state index in [0.29, 0.717) is 62.2 Å². The van der Waals surface area contributed by atoms with E-state index in [1.54, 1.807) is 6.20 Å². The fraction of sp³-hybridized carbons (Fsp3) is 0.370. The van der Waals surface area contributed by atoms with Gasteiger partial charge in [-0.25, -0.2) is 4.39 Å². The number of fused-ring (bicyclic) bond motifs is 1. The van der Waals surface area contributed by atoms with E-state index >= 15 is 4.39 Å². The van der Waals surface area contributed by atoms with Crippen LogP contribution in [0, 0.1) is 5.82 Å². The number of ketones is 1. The largest absolute Gasteiger partial charge is 0.366 e. The first-order chi connectivity index (χ1) is 16.0. The van der Waals surface area contributed by atoms with Crippen molar-refractivity contribution < 1.29 is 14.0 Å². The van der Waals surface area contributed by atoms with Crippen molar-refractivity contribution in [1.82, 2.24) is 9.88 Å². The number of halogens is 1. The number of amides is 1. The Balaban J connectivity index is 1.72. The molecule has 0 bridgehead atoms. The highest BCUT2D eigenvalue weighted by Crippen LogP contribution is 2.31. The Labute approximate surface area is 194 Å². The summed E-state index contributed by atoms with van der Waals surface area (Å²) < 4.78 is 15.1. The van der Waals surface area contributed by atoms with E-state index in [0.717, 1.165) is 22.9 Å². The number of rotatable bonds is 7. The number of Topliss-reactive ketones (excluding diaryl/α,β-unsaturated/α-hetero) is 1. The summed E-state index contributed by atoms with van der Waals surface area (Å²) in [6.07, 6.45) is 3.92. The van der Waals surface area contributed by atoms with Gasteiger partial charge in [-0.1, -0.05) is 44.2 Å². The molecule has 1 aliphatic heterocycles. The lowest BCUT2D eigenvalue weighted by molar-refractivity contribution is -0.131. The van der Waals surface area contributed by atoms with Gasteiger partial charge in [0.1, 0.15) is 5.82 Å². The van der Waals surface area contributed by atoms with Gasteiger partial charge in [-0.3, -0.25) is 14.6 Å². The summed E-state index contributed by atoms with van der Waals surface area (Å²) in [6.45, 7) is 6.16. The molecule has 2 heterocycles. The number of pyridine rings is 1. The molecule has 172 valence electrons. The Morgan fingerprint density at radius 2 is 1.76 bits per heavy atom. The van der Waals surface area contributed by atoms with Crippen LogP contribution in [0.4, 0.5) is 10.1 Å². The maximum absolute atomic E-state index is 15.1. The van der Waals surface area contributed by atoms with Gasteiger partial charge in [-0.15, -0.1) is 0 Å². The molecule has 0 radical (unpaired) electrons. The van der Waals surface area contributed by atoms with E-state index in [4.69, 9.17) is 0 Å². The smallest absolute Gasteiger partial charge is 0.222 e. The van der Waals surface area contributed by atoms with Crippen LogP contribution in [0.15, 0.2) is 48.7 Å². The predicted molar refractivity (Wildman–Crippen MR) is 129 cm³/mol. The molecule has 4 rings (SSSR count). The molecule has 3 aromatic rings. The van der Waals surface area contributed by atoms with Crippen molar-refractivity contribution in [3.63, 3.8) is 0 Å². The van der Waals surface area contributed by atoms with Crippen molar-refractivity contribution in [2.45, 2.75) is 39.5 Å². The van der Waals surface area contributed by atoms with Crippen LogP contribution >= 0.6 is 0 Å². The third kappa shape index (κ3) is 4.90. The monoisotopic (exact) mass is 447 g/mol. The van der Waals surface area contributed by atoms with Crippen molar-refractivity contribution >= 4 is 28.3 Å². The third-order valence-electron chi connectivity index (χ3n) is 6.33. The van der Waals surface area contributed by atoms with E-state index in [1.165, 1.54) is 6.07 Å². The highest BCUT2D eigenvalue weighted by atomic mass is 19.1. The van der Waals surface area contributed by atoms with Gasteiger partial charge >= 0.3 is 0 Å². The van der Waals surface area contributed by atoms with Gasteiger partial charge < -0.3 is 9.80 Å². The molecule has 1 saturated heterocycles. The summed E-state index contributed by atoms with van der Waals surface area (Å²) >= 11 is 0. The van der Waals surface area contributed by atoms with Gasteiger partial charge in [0, 0.05) is 62.2 Å². The molecule has 1 fully saturated rings. The van der Waals surface area contributed by atoms with E-state index in [2.05, 4.69) is 4.98 Å². The van der Waals surface area contributed by atoms with Gasteiger partial charge in [0.05, 0.1) is 11.2 Å². The number of benzene rings is 2. The average Bonchev–Trinajstić information content (AvgIpc) is 2.84. The second-order valence-corrected chi connectivity index (χ2v) is 8.53. The molecule has 6 heteroatoms. The molecule has 0 atom stereocenters. The van der Waals surface area contributed by atoms with Gasteiger partial charge in [-0.2, -0.15) is 0 Å². The second-order valence-electron chi connectivity index (χ2n) is 8.53. The minimum Gasteiger partial charge on any atom is -0.366 e. The van der Waals surface area contributed by atoms with Crippen LogP contribution < -0.4 is 4.90 Å². The molecule has 1 aliphatic rings. The molecule has 5 nitrogen and oxygen atoms in total. The fourth-order valence-corrected chi connectivity index (χ4v) is 4.49. The Kier molecular flexibility index (Phi) is 7.02. The lowest BCUT2D eigenvalue weighted by Gasteiger charge is -2.36. The van der Waals surface area contributed by atoms with Crippen molar-refractivity contribution in [1.29, 1.82) is 0 Å². The zero-order valence-electron chi connectivity index (χ0n) is 19.3. The normalized spacial score (nSPS) is 14.0. The number of hydrogen-bond donors (Lipinski definition) is 0. The summed E-state index contributed by atoms with van der Waals surface area (Å²) in [6, 6.07) is 13.3. The van der Waals surface area contributed by atoms with Crippen LogP contribution in [0.1, 0.15) is 54.6 Å². The molecule has 0 unspecified atom stereocenters. The summed E-state index contributed by atoms with van der Waals surface area (Å²) in [5, 5.41) is 0.805. The molecule has 33 heavy (non-hydrogen) atoms. The van der Waals surface area contributed by atoms with Crippen LogP contribution in [-0.4, -0.2) is 47.8 Å². The fourth-order valence-electron chi connectivity index (χ4n) is 4.49. The zero-order chi connectivity index (χ0) is 23.4. The topological polar surface area (TPSA) is 53.5 Å². The van der Waals surface area contributed by atoms with Crippen LogP contribution in [0.2, 0.25) is 0 Å². The summed E-state index contributed by atoms with van der Waals surface area (Å²) in [7, 11) is 0. The standard InChI is InChI=1S/C27H30FN3O2/c1-3-8-27(33)31-13-11-30(12-14-31)25-16-21-20(15-19-9-6-5-7-10-19)22(26(32)4-2)18-29-24(21)17-23(25)28/h5-7,9-10,16-18H,3-4,8,11-15H2,1-2H3. The van der Waals surface area contributed by atoms with E-state index in [-0.39, 0.29) is 17.5 Å². The summed E-state index contributed by atoms with van der Waals surface area (Å²) in [5.41, 5.74) is 3.62. The highest BCUT2D eigenvalue weighted by Gasteiger charge is 2.24. The molecule has 1 amide bonds. The number of carbonyl (C=O) groups excluding carboxylic acids is 2. The number of anilines is 1. The number of aromatic nitrogens is 1. The van der Waals surface area contributed by atoms with Gasteiger partial charge in [-0.05, 0) is 30.0 Å². The Morgan fingerprint density at radius 3 is 2.42 bits per heavy atom. The molecule has 0 spiro atoms. The quantitative estimate of drug-likeness (QED) is 0.478. The minimum absolute atomic E-state index is 0.0317. The molecule has 0 N–H and O–H groups in total. The maximum Gasteiger partial charge on any atom is 0.222 e. The van der Waals surface area contributed by atoms with E-state index in [1.807, 2.05) is 60.0 Å². The van der Waals surface area contributed by atoms with E-state index < -0.39 is 0 Å². The van der Waals surface area contributed by atoms with Gasteiger partial charge in [0.15, 0.2) is 5.78 Å². The van der Waals surface area contributed by atoms with Crippen LogP contribution in [0.25, 0.3) is 10.9 Å². The van der Waals surface area contributed by atoms with Crippen molar-refractivity contribution in [3.8, 4) is 0 Å². The second kappa shape index (κ2) is 10.1. The van der Waals surface area contributed by atoms with Crippen molar-refractivity contribution in [2.24, 2.45) is 0 Å². The Hall–Kier alpha value is -3.28. The average molecular weight is 448 g/mol. The highest BCUT2D eigenvalue weighted by molar-refractivity contribution is 6.02. The van der Waals surface area contributed by atoms with Crippen molar-refractivity contribution in [2.75, 3.05) is 31.1 Å². The maximum atomic E-state index is 15.1. The summed E-state index contributed by atoms with van der Waals surface area (Å²) in [4.78, 5) is 33.2. The zero-order valence-corrected chi connectivity index (χ0v) is 19.3. The summed E-state index contributed by atoms with van der Waals surface area (Å²) in [5.74, 6) is -0.138. The van der Waals surface area contributed by atoms with Crippen LogP contribution in [0.3, 0.4) is 0 Å². The first kappa shape index (κ1) is 22.9. The van der Waals surface area contributed by atoms with E-state index in [9.17, 15) is 9.59 Å². The van der Waals surface area contributed by atoms with Gasteiger partial charge in [0.25, 0.3) is 0 Å². The minimum atomic E-state index is -0.330. The molecule has 2 aromatic carbocycles. The number of hydrogen-bond acceptors (Lipinski definition) is 4. The van der Waals surface area contributed by atoms with Gasteiger partial charge in [0.2, 0.25) is 5.91 Å². The van der Waals surface area contributed by atoms with Crippen molar-refractivity contribution in [3.05, 3.63) is 71.2 Å². The first-order valence-corrected chi connectivity index (χ1v) is 11.7. The molecule has 1 aromatic heterocycles. The molecular formula is C27H30FN3O2. The lowest BCUT2D eigenvalue weighted by atomic mass is 9.93. The Bertz CT molecular complexity index is 1150. The predicted octanol–water partition coefficient (Wildman–Crippen LogP) is 5.01. The van der Waals surface area contributed by atoms with Crippen LogP contribution in [0.5, 0.6) is 0 Å². The molecule has 0 aliphatic carbocycles.